The third kappa shape index (κ3) is 3.37. The number of likely N-dealkylation sites (tertiary alicyclic amines) is 1. The van der Waals surface area contributed by atoms with Gasteiger partial charge in [-0.25, -0.2) is 4.79 Å². The Bertz CT molecular complexity index is 838. The first-order valence-corrected chi connectivity index (χ1v) is 9.69. The van der Waals surface area contributed by atoms with Gasteiger partial charge >= 0.3 is 6.03 Å². The minimum atomic E-state index is -0.0447. The van der Waals surface area contributed by atoms with Crippen molar-refractivity contribution in [3.05, 3.63) is 72.3 Å². The number of nitrogens with one attached hydrogen (secondary N) is 1. The van der Waals surface area contributed by atoms with Gasteiger partial charge in [0.15, 0.2) is 0 Å². The molecule has 4 nitrogen and oxygen atoms in total. The number of benzene rings is 2. The monoisotopic (exact) mass is 361 g/mol. The van der Waals surface area contributed by atoms with Gasteiger partial charge in [0.25, 0.3) is 0 Å². The molecule has 140 valence electrons. The Morgan fingerprint density at radius 3 is 2.63 bits per heavy atom. The first kappa shape index (κ1) is 17.8. The van der Waals surface area contributed by atoms with Gasteiger partial charge in [-0.1, -0.05) is 42.0 Å². The maximum absolute atomic E-state index is 13.0. The molecule has 0 aromatic heterocycles. The van der Waals surface area contributed by atoms with Crippen molar-refractivity contribution in [2.24, 2.45) is 0 Å². The van der Waals surface area contributed by atoms with Gasteiger partial charge in [-0.2, -0.15) is 0 Å². The van der Waals surface area contributed by atoms with Crippen molar-refractivity contribution in [1.29, 1.82) is 0 Å². The SMILES string of the molecule is C=CCN1CCC2(CC1)CN(C(=O)Nc1ccccc1)c1ccc(C)cc12. The van der Waals surface area contributed by atoms with Crippen LogP contribution in [-0.4, -0.2) is 37.1 Å². The molecule has 1 saturated heterocycles. The summed E-state index contributed by atoms with van der Waals surface area (Å²) in [4.78, 5) is 17.4. The molecule has 0 saturated carbocycles. The van der Waals surface area contributed by atoms with E-state index in [2.05, 4.69) is 41.9 Å². The third-order valence-corrected chi connectivity index (χ3v) is 5.95. The summed E-state index contributed by atoms with van der Waals surface area (Å²) in [5, 5.41) is 3.05. The fourth-order valence-corrected chi connectivity index (χ4v) is 4.45. The summed E-state index contributed by atoms with van der Waals surface area (Å²) in [5.74, 6) is 0. The zero-order chi connectivity index (χ0) is 18.9. The number of urea groups is 1. The Labute approximate surface area is 161 Å². The summed E-state index contributed by atoms with van der Waals surface area (Å²) >= 11 is 0. The molecule has 0 aliphatic carbocycles. The largest absolute Gasteiger partial charge is 0.326 e. The van der Waals surface area contributed by atoms with Crippen LogP contribution in [0, 0.1) is 6.92 Å². The minimum Gasteiger partial charge on any atom is -0.308 e. The number of carbonyl (C=O) groups is 1. The number of nitrogens with zero attached hydrogens (tertiary/aromatic N) is 2. The summed E-state index contributed by atoms with van der Waals surface area (Å²) in [7, 11) is 0. The molecule has 2 aromatic carbocycles. The maximum Gasteiger partial charge on any atom is 0.326 e. The number of aryl methyl sites for hydroxylation is 1. The Morgan fingerprint density at radius 2 is 1.93 bits per heavy atom. The van der Waals surface area contributed by atoms with E-state index in [1.807, 2.05) is 41.3 Å². The molecular formula is C23H27N3O. The fourth-order valence-electron chi connectivity index (χ4n) is 4.45. The Kier molecular flexibility index (Phi) is 4.75. The van der Waals surface area contributed by atoms with Crippen molar-refractivity contribution < 1.29 is 4.79 Å². The number of rotatable bonds is 3. The van der Waals surface area contributed by atoms with Crippen LogP contribution in [0.2, 0.25) is 0 Å². The van der Waals surface area contributed by atoms with Gasteiger partial charge in [0.2, 0.25) is 0 Å². The molecule has 4 heteroatoms. The first-order valence-electron chi connectivity index (χ1n) is 9.69. The molecule has 1 fully saturated rings. The highest BCUT2D eigenvalue weighted by molar-refractivity contribution is 6.03. The Balaban J connectivity index is 1.60. The molecule has 2 aromatic rings. The number of hydrogen-bond donors (Lipinski definition) is 1. The van der Waals surface area contributed by atoms with Crippen molar-refractivity contribution in [3.63, 3.8) is 0 Å². The maximum atomic E-state index is 13.0. The second kappa shape index (κ2) is 7.20. The smallest absolute Gasteiger partial charge is 0.308 e. The van der Waals surface area contributed by atoms with Gasteiger partial charge in [-0.05, 0) is 56.6 Å². The van der Waals surface area contributed by atoms with Crippen LogP contribution in [0.25, 0.3) is 0 Å². The van der Waals surface area contributed by atoms with E-state index in [1.165, 1.54) is 11.1 Å². The van der Waals surface area contributed by atoms with Gasteiger partial charge in [-0.15, -0.1) is 6.58 Å². The lowest BCUT2D eigenvalue weighted by atomic mass is 9.74. The van der Waals surface area contributed by atoms with Gasteiger partial charge in [0.1, 0.15) is 0 Å². The number of anilines is 2. The van der Waals surface area contributed by atoms with Crippen LogP contribution in [0.4, 0.5) is 16.2 Å². The van der Waals surface area contributed by atoms with Crippen LogP contribution in [-0.2, 0) is 5.41 Å². The number of fused-ring (bicyclic) bond motifs is 2. The zero-order valence-corrected chi connectivity index (χ0v) is 15.9. The number of hydrogen-bond acceptors (Lipinski definition) is 2. The topological polar surface area (TPSA) is 35.6 Å². The predicted octanol–water partition coefficient (Wildman–Crippen LogP) is 4.57. The highest BCUT2D eigenvalue weighted by Gasteiger charge is 2.46. The summed E-state index contributed by atoms with van der Waals surface area (Å²) in [6.45, 7) is 9.79. The number of piperidine rings is 1. The van der Waals surface area contributed by atoms with Gasteiger partial charge < -0.3 is 5.32 Å². The highest BCUT2D eigenvalue weighted by atomic mass is 16.2. The average molecular weight is 361 g/mol. The first-order chi connectivity index (χ1) is 13.1. The van der Waals surface area contributed by atoms with Crippen LogP contribution in [0.15, 0.2) is 61.2 Å². The van der Waals surface area contributed by atoms with E-state index < -0.39 is 0 Å². The lowest BCUT2D eigenvalue weighted by molar-refractivity contribution is 0.180. The van der Waals surface area contributed by atoms with Gasteiger partial charge in [-0.3, -0.25) is 9.80 Å². The molecule has 0 unspecified atom stereocenters. The van der Waals surface area contributed by atoms with E-state index in [4.69, 9.17) is 0 Å². The van der Waals surface area contributed by atoms with Gasteiger partial charge in [0.05, 0.1) is 0 Å². The molecular weight excluding hydrogens is 334 g/mol. The van der Waals surface area contributed by atoms with E-state index in [1.54, 1.807) is 0 Å². The summed E-state index contributed by atoms with van der Waals surface area (Å²) < 4.78 is 0. The second-order valence-corrected chi connectivity index (χ2v) is 7.77. The van der Waals surface area contributed by atoms with Gasteiger partial charge in [0, 0.05) is 29.9 Å². The molecule has 2 amide bonds. The summed E-state index contributed by atoms with van der Waals surface area (Å²) in [5.41, 5.74) is 4.55. The average Bonchev–Trinajstić information content (AvgIpc) is 2.99. The quantitative estimate of drug-likeness (QED) is 0.813. The third-order valence-electron chi connectivity index (χ3n) is 5.95. The standard InChI is InChI=1S/C23H27N3O/c1-3-13-25-14-11-23(12-15-25)17-26(21-10-9-18(2)16-20(21)23)22(27)24-19-7-5-4-6-8-19/h3-10,16H,1,11-15,17H2,2H3,(H,24,27). The van der Waals surface area contributed by atoms with Crippen LogP contribution < -0.4 is 10.2 Å². The lowest BCUT2D eigenvalue weighted by Gasteiger charge is -2.39. The fraction of sp³-hybridized carbons (Fsp3) is 0.348. The normalized spacial score (nSPS) is 18.3. The minimum absolute atomic E-state index is 0.0447. The molecule has 1 spiro atoms. The Hall–Kier alpha value is -2.59. The van der Waals surface area contributed by atoms with Crippen molar-refractivity contribution in [2.75, 3.05) is 36.4 Å². The van der Waals surface area contributed by atoms with Crippen LogP contribution in [0.3, 0.4) is 0 Å². The predicted molar refractivity (Wildman–Crippen MR) is 112 cm³/mol. The second-order valence-electron chi connectivity index (χ2n) is 7.77. The van der Waals surface area contributed by atoms with Crippen molar-refractivity contribution in [3.8, 4) is 0 Å². The Morgan fingerprint density at radius 1 is 1.19 bits per heavy atom. The summed E-state index contributed by atoms with van der Waals surface area (Å²) in [6.07, 6.45) is 4.13. The van der Waals surface area contributed by atoms with Crippen molar-refractivity contribution in [2.45, 2.75) is 25.2 Å². The molecule has 0 atom stereocenters. The van der Waals surface area contributed by atoms with E-state index >= 15 is 0 Å². The van der Waals surface area contributed by atoms with E-state index in [0.29, 0.717) is 0 Å². The molecule has 2 heterocycles. The zero-order valence-electron chi connectivity index (χ0n) is 15.9. The number of amides is 2. The molecule has 1 N–H and O–H groups in total. The molecule has 27 heavy (non-hydrogen) atoms. The molecule has 2 aliphatic rings. The molecule has 0 bridgehead atoms. The molecule has 2 aliphatic heterocycles. The van der Waals surface area contributed by atoms with E-state index in [0.717, 1.165) is 50.4 Å². The van der Waals surface area contributed by atoms with E-state index in [9.17, 15) is 4.79 Å². The summed E-state index contributed by atoms with van der Waals surface area (Å²) in [6, 6.07) is 16.1. The number of para-hydroxylation sites is 1. The lowest BCUT2D eigenvalue weighted by Crippen LogP contribution is -2.46. The van der Waals surface area contributed by atoms with Crippen molar-refractivity contribution in [1.82, 2.24) is 4.90 Å². The molecule has 0 radical (unpaired) electrons. The number of carbonyl (C=O) groups excluding carboxylic acids is 1. The van der Waals surface area contributed by atoms with Crippen LogP contribution >= 0.6 is 0 Å². The van der Waals surface area contributed by atoms with E-state index in [-0.39, 0.29) is 11.4 Å². The molecule has 4 rings (SSSR count). The highest BCUT2D eigenvalue weighted by Crippen LogP contribution is 2.47. The van der Waals surface area contributed by atoms with Crippen LogP contribution in [0.5, 0.6) is 0 Å². The van der Waals surface area contributed by atoms with Crippen LogP contribution in [0.1, 0.15) is 24.0 Å². The van der Waals surface area contributed by atoms with Crippen molar-refractivity contribution >= 4 is 17.4 Å².